The van der Waals surface area contributed by atoms with Gasteiger partial charge in [-0.25, -0.2) is 9.18 Å². The summed E-state index contributed by atoms with van der Waals surface area (Å²) in [4.78, 5) is 11.8. The standard InChI is InChI=1S/C17H24FNO2/c1-11-10-17(2,3)8-7-14(11)19-15-6-5-12(18)9-13(15)16(20)21-4/h5-6,9,11,14,19H,7-8,10H2,1-4H3. The molecule has 1 N–H and O–H groups in total. The van der Waals surface area contributed by atoms with Crippen LogP contribution in [0.5, 0.6) is 0 Å². The van der Waals surface area contributed by atoms with Crippen LogP contribution in [0.25, 0.3) is 0 Å². The van der Waals surface area contributed by atoms with Crippen LogP contribution in [0.3, 0.4) is 0 Å². The Kier molecular flexibility index (Phi) is 4.55. The number of halogens is 1. The smallest absolute Gasteiger partial charge is 0.340 e. The molecule has 4 heteroatoms. The molecule has 21 heavy (non-hydrogen) atoms. The molecule has 0 heterocycles. The minimum absolute atomic E-state index is 0.259. The Morgan fingerprint density at radius 1 is 1.43 bits per heavy atom. The lowest BCUT2D eigenvalue weighted by Crippen LogP contribution is -2.37. The largest absolute Gasteiger partial charge is 0.465 e. The zero-order valence-electron chi connectivity index (χ0n) is 13.2. The van der Waals surface area contributed by atoms with Crippen molar-refractivity contribution in [3.05, 3.63) is 29.6 Å². The third-order valence-electron chi connectivity index (χ3n) is 4.42. The van der Waals surface area contributed by atoms with E-state index in [9.17, 15) is 9.18 Å². The van der Waals surface area contributed by atoms with Gasteiger partial charge >= 0.3 is 5.97 Å². The van der Waals surface area contributed by atoms with Crippen molar-refractivity contribution >= 4 is 11.7 Å². The molecular formula is C17H24FNO2. The average molecular weight is 293 g/mol. The lowest BCUT2D eigenvalue weighted by Gasteiger charge is -2.40. The number of ether oxygens (including phenoxy) is 1. The van der Waals surface area contributed by atoms with Crippen molar-refractivity contribution in [2.45, 2.75) is 46.1 Å². The first-order chi connectivity index (χ1) is 9.82. The molecule has 0 saturated heterocycles. The fourth-order valence-corrected chi connectivity index (χ4v) is 3.28. The Hall–Kier alpha value is -1.58. The maximum Gasteiger partial charge on any atom is 0.340 e. The van der Waals surface area contributed by atoms with Gasteiger partial charge in [0, 0.05) is 11.7 Å². The molecule has 2 unspecified atom stereocenters. The Labute approximate surface area is 125 Å². The van der Waals surface area contributed by atoms with Gasteiger partial charge in [-0.15, -0.1) is 0 Å². The van der Waals surface area contributed by atoms with E-state index in [0.717, 1.165) is 19.3 Å². The maximum absolute atomic E-state index is 13.4. The molecule has 116 valence electrons. The van der Waals surface area contributed by atoms with E-state index in [-0.39, 0.29) is 5.56 Å². The first kappa shape index (κ1) is 15.8. The van der Waals surface area contributed by atoms with E-state index in [0.29, 0.717) is 23.1 Å². The quantitative estimate of drug-likeness (QED) is 0.847. The molecule has 0 aliphatic heterocycles. The van der Waals surface area contributed by atoms with Crippen molar-refractivity contribution in [2.75, 3.05) is 12.4 Å². The number of benzene rings is 1. The SMILES string of the molecule is COC(=O)c1cc(F)ccc1NC1CCC(C)(C)CC1C. The first-order valence-electron chi connectivity index (χ1n) is 7.47. The normalized spacial score (nSPS) is 24.4. The summed E-state index contributed by atoms with van der Waals surface area (Å²) >= 11 is 0. The molecule has 1 aliphatic rings. The van der Waals surface area contributed by atoms with Gasteiger partial charge in [0.05, 0.1) is 12.7 Å². The molecule has 2 atom stereocenters. The fraction of sp³-hybridized carbons (Fsp3) is 0.588. The van der Waals surface area contributed by atoms with Crippen LogP contribution in [0, 0.1) is 17.2 Å². The van der Waals surface area contributed by atoms with Gasteiger partial charge in [0.2, 0.25) is 0 Å². The third-order valence-corrected chi connectivity index (χ3v) is 4.42. The van der Waals surface area contributed by atoms with Gasteiger partial charge in [-0.1, -0.05) is 20.8 Å². The van der Waals surface area contributed by atoms with Gasteiger partial charge in [0.1, 0.15) is 5.82 Å². The van der Waals surface area contributed by atoms with Crippen molar-refractivity contribution in [3.8, 4) is 0 Å². The number of esters is 1. The monoisotopic (exact) mass is 293 g/mol. The maximum atomic E-state index is 13.4. The van der Waals surface area contributed by atoms with Crippen LogP contribution in [0.1, 0.15) is 50.4 Å². The van der Waals surface area contributed by atoms with E-state index in [4.69, 9.17) is 4.74 Å². The van der Waals surface area contributed by atoms with Crippen molar-refractivity contribution in [3.63, 3.8) is 0 Å². The van der Waals surface area contributed by atoms with Crippen LogP contribution in [0.2, 0.25) is 0 Å². The molecule has 1 saturated carbocycles. The van der Waals surface area contributed by atoms with E-state index >= 15 is 0 Å². The number of hydrogen-bond donors (Lipinski definition) is 1. The van der Waals surface area contributed by atoms with Gasteiger partial charge in [-0.05, 0) is 48.8 Å². The lowest BCUT2D eigenvalue weighted by atomic mass is 9.70. The minimum atomic E-state index is -0.513. The summed E-state index contributed by atoms with van der Waals surface area (Å²) in [6.07, 6.45) is 3.33. The number of carbonyl (C=O) groups excluding carboxylic acids is 1. The molecule has 2 rings (SSSR count). The highest BCUT2D eigenvalue weighted by atomic mass is 19.1. The zero-order valence-corrected chi connectivity index (χ0v) is 13.2. The Bertz CT molecular complexity index is 528. The summed E-state index contributed by atoms with van der Waals surface area (Å²) in [5.74, 6) is -0.441. The number of hydrogen-bond acceptors (Lipinski definition) is 3. The Morgan fingerprint density at radius 2 is 2.14 bits per heavy atom. The van der Waals surface area contributed by atoms with Crippen molar-refractivity contribution < 1.29 is 13.9 Å². The first-order valence-corrected chi connectivity index (χ1v) is 7.47. The van der Waals surface area contributed by atoms with Crippen molar-refractivity contribution in [1.82, 2.24) is 0 Å². The van der Waals surface area contributed by atoms with Gasteiger partial charge < -0.3 is 10.1 Å². The summed E-state index contributed by atoms with van der Waals surface area (Å²) < 4.78 is 18.1. The van der Waals surface area contributed by atoms with Crippen LogP contribution < -0.4 is 5.32 Å². The molecule has 3 nitrogen and oxygen atoms in total. The second kappa shape index (κ2) is 6.04. The number of rotatable bonds is 3. The predicted molar refractivity (Wildman–Crippen MR) is 81.9 cm³/mol. The van der Waals surface area contributed by atoms with E-state index < -0.39 is 11.8 Å². The van der Waals surface area contributed by atoms with Crippen LogP contribution in [-0.2, 0) is 4.74 Å². The van der Waals surface area contributed by atoms with E-state index in [1.54, 1.807) is 6.07 Å². The highest BCUT2D eigenvalue weighted by Crippen LogP contribution is 2.39. The zero-order chi connectivity index (χ0) is 15.6. The molecule has 1 fully saturated rings. The molecule has 0 amide bonds. The molecule has 0 radical (unpaired) electrons. The molecular weight excluding hydrogens is 269 g/mol. The van der Waals surface area contributed by atoms with Gasteiger partial charge in [0.25, 0.3) is 0 Å². The topological polar surface area (TPSA) is 38.3 Å². The van der Waals surface area contributed by atoms with Crippen molar-refractivity contribution in [1.29, 1.82) is 0 Å². The van der Waals surface area contributed by atoms with E-state index in [1.165, 1.54) is 19.2 Å². The van der Waals surface area contributed by atoms with Crippen LogP contribution in [0.15, 0.2) is 18.2 Å². The van der Waals surface area contributed by atoms with E-state index in [2.05, 4.69) is 26.1 Å². The minimum Gasteiger partial charge on any atom is -0.465 e. The molecule has 0 bridgehead atoms. The van der Waals surface area contributed by atoms with Gasteiger partial charge in [0.15, 0.2) is 0 Å². The number of anilines is 1. The second-order valence-corrected chi connectivity index (χ2v) is 6.82. The number of carbonyl (C=O) groups is 1. The van der Waals surface area contributed by atoms with Crippen LogP contribution in [-0.4, -0.2) is 19.1 Å². The summed E-state index contributed by atoms with van der Waals surface area (Å²) in [6, 6.07) is 4.51. The van der Waals surface area contributed by atoms with Crippen LogP contribution >= 0.6 is 0 Å². The molecule has 1 aromatic rings. The second-order valence-electron chi connectivity index (χ2n) is 6.82. The van der Waals surface area contributed by atoms with Gasteiger partial charge in [-0.3, -0.25) is 0 Å². The van der Waals surface area contributed by atoms with Gasteiger partial charge in [-0.2, -0.15) is 0 Å². The highest BCUT2D eigenvalue weighted by molar-refractivity contribution is 5.95. The predicted octanol–water partition coefficient (Wildman–Crippen LogP) is 4.24. The van der Waals surface area contributed by atoms with Crippen LogP contribution in [0.4, 0.5) is 10.1 Å². The Morgan fingerprint density at radius 3 is 2.76 bits per heavy atom. The third kappa shape index (κ3) is 3.74. The number of nitrogens with one attached hydrogen (secondary N) is 1. The van der Waals surface area contributed by atoms with E-state index in [1.807, 2.05) is 0 Å². The summed E-state index contributed by atoms with van der Waals surface area (Å²) in [7, 11) is 1.31. The summed E-state index contributed by atoms with van der Waals surface area (Å²) in [5.41, 5.74) is 1.28. The lowest BCUT2D eigenvalue weighted by molar-refractivity contribution is 0.0601. The summed E-state index contributed by atoms with van der Waals surface area (Å²) in [6.45, 7) is 6.80. The molecule has 0 aromatic heterocycles. The average Bonchev–Trinajstić information content (AvgIpc) is 2.42. The molecule has 0 spiro atoms. The summed E-state index contributed by atoms with van der Waals surface area (Å²) in [5, 5.41) is 3.41. The Balaban J connectivity index is 2.18. The molecule has 1 aliphatic carbocycles. The fourth-order valence-electron chi connectivity index (χ4n) is 3.28. The number of methoxy groups -OCH3 is 1. The van der Waals surface area contributed by atoms with Crippen molar-refractivity contribution in [2.24, 2.45) is 11.3 Å². The molecule has 1 aromatic carbocycles. The highest BCUT2D eigenvalue weighted by Gasteiger charge is 2.32.